The van der Waals surface area contributed by atoms with Gasteiger partial charge in [0.25, 0.3) is 0 Å². The van der Waals surface area contributed by atoms with Crippen molar-refractivity contribution in [2.45, 2.75) is 70.1 Å². The second-order valence-corrected chi connectivity index (χ2v) is 9.00. The molecule has 0 aromatic carbocycles. The molecule has 1 saturated carbocycles. The van der Waals surface area contributed by atoms with E-state index in [0.29, 0.717) is 0 Å². The molecule has 2 aliphatic heterocycles. The van der Waals surface area contributed by atoms with E-state index in [2.05, 4.69) is 0 Å². The Kier molecular flexibility index (Phi) is 8.31. The Balaban J connectivity index is 1.66. The van der Waals surface area contributed by atoms with E-state index in [4.69, 9.17) is 18.9 Å². The molecule has 1 aliphatic carbocycles. The molecule has 5 N–H and O–H groups in total. The molecular formula is C21H34O10. The van der Waals surface area contributed by atoms with Crippen LogP contribution in [-0.2, 0) is 23.7 Å². The van der Waals surface area contributed by atoms with Gasteiger partial charge in [-0.3, -0.25) is 4.79 Å². The van der Waals surface area contributed by atoms with Crippen molar-refractivity contribution in [3.8, 4) is 0 Å². The first-order valence-corrected chi connectivity index (χ1v) is 10.8. The number of ether oxygens (including phenoxy) is 4. The summed E-state index contributed by atoms with van der Waals surface area (Å²) in [6, 6.07) is 0. The van der Waals surface area contributed by atoms with Crippen LogP contribution in [0.3, 0.4) is 0 Å². The SMILES string of the molecule is CC(C)CC(=O)OC1OC=C(COC2OC(CO)C(O)C(O)C2O)C2CCC(CO)C12. The molecule has 9 unspecified atom stereocenters. The third-order valence-electron chi connectivity index (χ3n) is 6.32. The van der Waals surface area contributed by atoms with Crippen molar-refractivity contribution in [1.82, 2.24) is 0 Å². The molecule has 0 spiro atoms. The molecule has 1 saturated heterocycles. The first kappa shape index (κ1) is 24.4. The second kappa shape index (κ2) is 10.6. The molecule has 178 valence electrons. The fourth-order valence-corrected chi connectivity index (χ4v) is 4.64. The maximum Gasteiger partial charge on any atom is 0.309 e. The molecule has 9 atom stereocenters. The average molecular weight is 446 g/mol. The van der Waals surface area contributed by atoms with E-state index >= 15 is 0 Å². The maximum atomic E-state index is 12.2. The summed E-state index contributed by atoms with van der Waals surface area (Å²) in [6.45, 7) is 3.26. The normalized spacial score (nSPS) is 40.3. The summed E-state index contributed by atoms with van der Waals surface area (Å²) in [4.78, 5) is 12.2. The predicted octanol–water partition coefficient (Wildman–Crippen LogP) is -0.733. The van der Waals surface area contributed by atoms with E-state index < -0.39 is 43.6 Å². The average Bonchev–Trinajstić information content (AvgIpc) is 3.17. The van der Waals surface area contributed by atoms with Crippen LogP contribution in [-0.4, -0.2) is 88.3 Å². The maximum absolute atomic E-state index is 12.2. The summed E-state index contributed by atoms with van der Waals surface area (Å²) in [5.74, 6) is -0.552. The van der Waals surface area contributed by atoms with E-state index in [9.17, 15) is 30.3 Å². The monoisotopic (exact) mass is 446 g/mol. The Hall–Kier alpha value is -1.27. The molecule has 0 aromatic rings. The Morgan fingerprint density at radius 1 is 1.10 bits per heavy atom. The first-order chi connectivity index (χ1) is 14.8. The summed E-state index contributed by atoms with van der Waals surface area (Å²) in [5, 5.41) is 49.0. The number of aliphatic hydroxyl groups excluding tert-OH is 5. The number of esters is 1. The minimum Gasteiger partial charge on any atom is -0.462 e. The van der Waals surface area contributed by atoms with Crippen LogP contribution in [0.5, 0.6) is 0 Å². The second-order valence-electron chi connectivity index (χ2n) is 9.00. The quantitative estimate of drug-likeness (QED) is 0.301. The molecule has 2 heterocycles. The van der Waals surface area contributed by atoms with Gasteiger partial charge in [0.05, 0.1) is 19.5 Å². The van der Waals surface area contributed by atoms with Gasteiger partial charge in [0, 0.05) is 18.9 Å². The fourth-order valence-electron chi connectivity index (χ4n) is 4.64. The largest absolute Gasteiger partial charge is 0.462 e. The van der Waals surface area contributed by atoms with Crippen LogP contribution < -0.4 is 0 Å². The van der Waals surface area contributed by atoms with E-state index in [1.807, 2.05) is 13.8 Å². The van der Waals surface area contributed by atoms with Crippen LogP contribution >= 0.6 is 0 Å². The van der Waals surface area contributed by atoms with Crippen molar-refractivity contribution in [2.24, 2.45) is 23.7 Å². The third-order valence-corrected chi connectivity index (χ3v) is 6.32. The highest BCUT2D eigenvalue weighted by Gasteiger charge is 2.48. The number of aliphatic hydroxyl groups is 5. The Morgan fingerprint density at radius 3 is 2.48 bits per heavy atom. The zero-order chi connectivity index (χ0) is 22.7. The van der Waals surface area contributed by atoms with Crippen LogP contribution in [0.2, 0.25) is 0 Å². The summed E-state index contributed by atoms with van der Waals surface area (Å²) >= 11 is 0. The number of carbonyl (C=O) groups is 1. The van der Waals surface area contributed by atoms with Crippen LogP contribution in [0, 0.1) is 23.7 Å². The first-order valence-electron chi connectivity index (χ1n) is 10.8. The van der Waals surface area contributed by atoms with Gasteiger partial charge in [-0.2, -0.15) is 0 Å². The molecule has 0 bridgehead atoms. The van der Waals surface area contributed by atoms with E-state index in [0.717, 1.165) is 18.4 Å². The standard InChI is InChI=1S/C21H34O10/c1-10(2)5-15(24)31-20-16-11(6-22)3-4-13(16)12(8-28-20)9-29-21-19(27)18(26)17(25)14(7-23)30-21/h8,10-11,13-14,16-23,25-27H,3-7,9H2,1-2H3. The van der Waals surface area contributed by atoms with Crippen LogP contribution in [0.25, 0.3) is 0 Å². The molecule has 10 heteroatoms. The van der Waals surface area contributed by atoms with E-state index in [1.54, 1.807) is 0 Å². The van der Waals surface area contributed by atoms with Crippen LogP contribution in [0.4, 0.5) is 0 Å². The van der Waals surface area contributed by atoms with Gasteiger partial charge >= 0.3 is 5.97 Å². The van der Waals surface area contributed by atoms with Crippen molar-refractivity contribution < 1.29 is 49.3 Å². The van der Waals surface area contributed by atoms with Gasteiger partial charge in [-0.05, 0) is 36.2 Å². The van der Waals surface area contributed by atoms with Gasteiger partial charge in [0.15, 0.2) is 6.29 Å². The highest BCUT2D eigenvalue weighted by atomic mass is 16.7. The van der Waals surface area contributed by atoms with Crippen molar-refractivity contribution in [1.29, 1.82) is 0 Å². The van der Waals surface area contributed by atoms with E-state index in [1.165, 1.54) is 6.26 Å². The number of hydrogen-bond donors (Lipinski definition) is 5. The zero-order valence-electron chi connectivity index (χ0n) is 17.9. The molecule has 10 nitrogen and oxygen atoms in total. The van der Waals surface area contributed by atoms with Gasteiger partial charge in [0.2, 0.25) is 6.29 Å². The molecule has 0 radical (unpaired) electrons. The molecular weight excluding hydrogens is 412 g/mol. The lowest BCUT2D eigenvalue weighted by Gasteiger charge is -2.40. The summed E-state index contributed by atoms with van der Waals surface area (Å²) in [5.41, 5.74) is 0.758. The van der Waals surface area contributed by atoms with Crippen molar-refractivity contribution in [3.05, 3.63) is 11.8 Å². The predicted molar refractivity (Wildman–Crippen MR) is 105 cm³/mol. The Labute approximate surface area is 181 Å². The van der Waals surface area contributed by atoms with Crippen molar-refractivity contribution >= 4 is 5.97 Å². The lowest BCUT2D eigenvalue weighted by atomic mass is 9.83. The van der Waals surface area contributed by atoms with Crippen molar-refractivity contribution in [3.63, 3.8) is 0 Å². The topological polar surface area (TPSA) is 155 Å². The molecule has 3 aliphatic rings. The third kappa shape index (κ3) is 5.39. The molecule has 0 amide bonds. The highest BCUT2D eigenvalue weighted by Crippen LogP contribution is 2.47. The fraction of sp³-hybridized carbons (Fsp3) is 0.857. The van der Waals surface area contributed by atoms with Crippen LogP contribution in [0.1, 0.15) is 33.1 Å². The van der Waals surface area contributed by atoms with Gasteiger partial charge in [-0.25, -0.2) is 0 Å². The van der Waals surface area contributed by atoms with E-state index in [-0.39, 0.29) is 49.3 Å². The minimum atomic E-state index is -1.52. The number of carbonyl (C=O) groups excluding carboxylic acids is 1. The Bertz CT molecular complexity index is 636. The zero-order valence-corrected chi connectivity index (χ0v) is 17.9. The highest BCUT2D eigenvalue weighted by molar-refractivity contribution is 5.69. The smallest absolute Gasteiger partial charge is 0.309 e. The molecule has 2 fully saturated rings. The summed E-state index contributed by atoms with van der Waals surface area (Å²) < 4.78 is 22.3. The summed E-state index contributed by atoms with van der Waals surface area (Å²) in [7, 11) is 0. The number of rotatable bonds is 8. The molecule has 31 heavy (non-hydrogen) atoms. The summed E-state index contributed by atoms with van der Waals surface area (Å²) in [6.07, 6.45) is -4.29. The molecule has 0 aromatic heterocycles. The van der Waals surface area contributed by atoms with Gasteiger partial charge < -0.3 is 44.5 Å². The van der Waals surface area contributed by atoms with Gasteiger partial charge in [-0.1, -0.05) is 13.8 Å². The molecule has 3 rings (SSSR count). The minimum absolute atomic E-state index is 0.00860. The van der Waals surface area contributed by atoms with Gasteiger partial charge in [0.1, 0.15) is 24.4 Å². The lowest BCUT2D eigenvalue weighted by molar-refractivity contribution is -0.299. The van der Waals surface area contributed by atoms with Crippen LogP contribution in [0.15, 0.2) is 11.8 Å². The lowest BCUT2D eigenvalue weighted by Crippen LogP contribution is -2.59. The van der Waals surface area contributed by atoms with Crippen molar-refractivity contribution in [2.75, 3.05) is 19.8 Å². The Morgan fingerprint density at radius 2 is 1.84 bits per heavy atom. The van der Waals surface area contributed by atoms with Gasteiger partial charge in [-0.15, -0.1) is 0 Å². The number of fused-ring (bicyclic) bond motifs is 1. The number of hydrogen-bond acceptors (Lipinski definition) is 10.